The Morgan fingerprint density at radius 3 is 1.22 bits per heavy atom. The number of halogens is 8. The standard InChI is InChI=1S/C18H8F6IS.ClH/c19-13-5-11(6-14(20)17(13)23)26(10-3-1-9(25)2-4-10)12-7-15(21)18(24)16(22)8-12;/h1-8H;1H/q+1;/p-1. The van der Waals surface area contributed by atoms with Crippen LogP contribution in [0.3, 0.4) is 0 Å². The molecule has 0 aromatic heterocycles. The fourth-order valence-corrected chi connectivity index (χ4v) is 4.75. The maximum absolute atomic E-state index is 13.7. The van der Waals surface area contributed by atoms with Crippen molar-refractivity contribution in [3.8, 4) is 0 Å². The Balaban J connectivity index is 0.00000261. The lowest BCUT2D eigenvalue weighted by molar-refractivity contribution is -0.00000815. The minimum absolute atomic E-state index is 0. The Bertz CT molecular complexity index is 877. The van der Waals surface area contributed by atoms with Crippen LogP contribution >= 0.6 is 22.6 Å². The first-order valence-electron chi connectivity index (χ1n) is 7.07. The molecule has 142 valence electrons. The maximum atomic E-state index is 13.7. The van der Waals surface area contributed by atoms with E-state index in [1.165, 1.54) is 0 Å². The summed E-state index contributed by atoms with van der Waals surface area (Å²) in [6.45, 7) is 0. The lowest BCUT2D eigenvalue weighted by Gasteiger charge is -2.10. The van der Waals surface area contributed by atoms with Gasteiger partial charge < -0.3 is 12.4 Å². The molecular formula is C18H8ClF6IS. The molecule has 0 atom stereocenters. The van der Waals surface area contributed by atoms with Crippen LogP contribution in [0, 0.1) is 38.5 Å². The van der Waals surface area contributed by atoms with Crippen LogP contribution in [-0.4, -0.2) is 0 Å². The highest BCUT2D eigenvalue weighted by Crippen LogP contribution is 2.34. The zero-order valence-corrected chi connectivity index (χ0v) is 16.8. The van der Waals surface area contributed by atoms with Gasteiger partial charge in [-0.3, -0.25) is 0 Å². The van der Waals surface area contributed by atoms with Crippen molar-refractivity contribution < 1.29 is 38.7 Å². The highest BCUT2D eigenvalue weighted by atomic mass is 127. The van der Waals surface area contributed by atoms with Crippen molar-refractivity contribution in [1.29, 1.82) is 0 Å². The van der Waals surface area contributed by atoms with Gasteiger partial charge in [-0.1, -0.05) is 0 Å². The van der Waals surface area contributed by atoms with Crippen molar-refractivity contribution in [3.05, 3.63) is 87.0 Å². The lowest BCUT2D eigenvalue weighted by atomic mass is 10.3. The molecule has 27 heavy (non-hydrogen) atoms. The van der Waals surface area contributed by atoms with Crippen LogP contribution < -0.4 is 12.4 Å². The SMILES string of the molecule is Fc1cc([S+](c2ccc(I)cc2)c2cc(F)c(F)c(F)c2)cc(F)c1F.[Cl-]. The molecule has 0 spiro atoms. The summed E-state index contributed by atoms with van der Waals surface area (Å²) in [6, 6.07) is 9.67. The highest BCUT2D eigenvalue weighted by molar-refractivity contribution is 14.1. The molecule has 3 aromatic rings. The fourth-order valence-electron chi connectivity index (χ4n) is 2.28. The van der Waals surface area contributed by atoms with E-state index in [0.29, 0.717) is 4.90 Å². The van der Waals surface area contributed by atoms with Gasteiger partial charge in [-0.25, -0.2) is 26.3 Å². The van der Waals surface area contributed by atoms with Crippen LogP contribution in [0.25, 0.3) is 0 Å². The molecule has 0 aliphatic carbocycles. The van der Waals surface area contributed by atoms with Gasteiger partial charge in [0, 0.05) is 27.8 Å². The zero-order chi connectivity index (χ0) is 19.0. The predicted octanol–water partition coefficient (Wildman–Crippen LogP) is 3.23. The number of hydrogen-bond donors (Lipinski definition) is 0. The maximum Gasteiger partial charge on any atom is 0.194 e. The summed E-state index contributed by atoms with van der Waals surface area (Å²) < 4.78 is 82.2. The topological polar surface area (TPSA) is 0 Å². The van der Waals surface area contributed by atoms with E-state index >= 15 is 0 Å². The van der Waals surface area contributed by atoms with Gasteiger partial charge in [-0.05, 0) is 46.9 Å². The quantitative estimate of drug-likeness (QED) is 0.210. The number of hydrogen-bond acceptors (Lipinski definition) is 0. The molecule has 0 saturated heterocycles. The van der Waals surface area contributed by atoms with Gasteiger partial charge in [0.05, 0.1) is 10.9 Å². The van der Waals surface area contributed by atoms with Gasteiger partial charge in [-0.15, -0.1) is 0 Å². The molecule has 0 radical (unpaired) electrons. The lowest BCUT2D eigenvalue weighted by Crippen LogP contribution is -3.00. The van der Waals surface area contributed by atoms with Gasteiger partial charge in [0.25, 0.3) is 0 Å². The second-order valence-electron chi connectivity index (χ2n) is 5.16. The van der Waals surface area contributed by atoms with Crippen molar-refractivity contribution in [2.45, 2.75) is 14.7 Å². The molecule has 0 unspecified atom stereocenters. The Labute approximate surface area is 173 Å². The van der Waals surface area contributed by atoms with Crippen LogP contribution in [-0.2, 0) is 10.9 Å². The molecule has 0 nitrogen and oxygen atoms in total. The highest BCUT2D eigenvalue weighted by Gasteiger charge is 2.33. The summed E-state index contributed by atoms with van der Waals surface area (Å²) in [4.78, 5) is 0.405. The number of benzene rings is 3. The summed E-state index contributed by atoms with van der Waals surface area (Å²) in [5, 5.41) is 0. The van der Waals surface area contributed by atoms with E-state index in [1.54, 1.807) is 24.3 Å². The normalized spacial score (nSPS) is 10.8. The fraction of sp³-hybridized carbons (Fsp3) is 0. The predicted molar refractivity (Wildman–Crippen MR) is 94.0 cm³/mol. The molecule has 0 aliphatic heterocycles. The zero-order valence-electron chi connectivity index (χ0n) is 13.1. The summed E-state index contributed by atoms with van der Waals surface area (Å²) in [6.07, 6.45) is 0. The van der Waals surface area contributed by atoms with E-state index in [2.05, 4.69) is 0 Å². The van der Waals surface area contributed by atoms with Crippen LogP contribution in [0.1, 0.15) is 0 Å². The van der Waals surface area contributed by atoms with Crippen LogP contribution in [0.5, 0.6) is 0 Å². The monoisotopic (exact) mass is 532 g/mol. The molecule has 0 heterocycles. The average Bonchev–Trinajstić information content (AvgIpc) is 2.59. The second kappa shape index (κ2) is 8.74. The molecule has 0 N–H and O–H groups in total. The smallest absolute Gasteiger partial charge is 0.194 e. The molecule has 0 bridgehead atoms. The Hall–Kier alpha value is -1.39. The van der Waals surface area contributed by atoms with E-state index in [-0.39, 0.29) is 22.2 Å². The largest absolute Gasteiger partial charge is 1.00 e. The molecule has 3 aromatic carbocycles. The first-order chi connectivity index (χ1) is 12.3. The molecule has 0 aliphatic rings. The van der Waals surface area contributed by atoms with Gasteiger partial charge in [-0.2, -0.15) is 0 Å². The summed E-state index contributed by atoms with van der Waals surface area (Å²) in [5.41, 5.74) is 0. The minimum Gasteiger partial charge on any atom is -1.00 e. The van der Waals surface area contributed by atoms with Gasteiger partial charge in [0.15, 0.2) is 49.6 Å². The van der Waals surface area contributed by atoms with E-state index in [1.807, 2.05) is 22.6 Å². The Kier molecular flexibility index (Phi) is 7.09. The van der Waals surface area contributed by atoms with Crippen molar-refractivity contribution in [2.24, 2.45) is 0 Å². The Morgan fingerprint density at radius 2 is 0.889 bits per heavy atom. The molecule has 0 fully saturated rings. The molecule has 0 amide bonds. The third kappa shape index (κ3) is 4.55. The van der Waals surface area contributed by atoms with Crippen LogP contribution in [0.2, 0.25) is 0 Å². The summed E-state index contributed by atoms with van der Waals surface area (Å²) in [5.74, 6) is -8.98. The van der Waals surface area contributed by atoms with Crippen LogP contribution in [0.15, 0.2) is 63.2 Å². The summed E-state index contributed by atoms with van der Waals surface area (Å²) in [7, 11) is -1.38. The van der Waals surface area contributed by atoms with E-state index in [0.717, 1.165) is 27.8 Å². The van der Waals surface area contributed by atoms with E-state index < -0.39 is 45.8 Å². The van der Waals surface area contributed by atoms with E-state index in [4.69, 9.17) is 0 Å². The van der Waals surface area contributed by atoms with E-state index in [9.17, 15) is 26.3 Å². The Morgan fingerprint density at radius 1 is 0.556 bits per heavy atom. The third-order valence-corrected chi connectivity index (χ3v) is 6.31. The van der Waals surface area contributed by atoms with Crippen molar-refractivity contribution in [1.82, 2.24) is 0 Å². The van der Waals surface area contributed by atoms with Crippen molar-refractivity contribution in [2.75, 3.05) is 0 Å². The third-order valence-electron chi connectivity index (χ3n) is 3.44. The van der Waals surface area contributed by atoms with Crippen molar-refractivity contribution >= 4 is 33.5 Å². The second-order valence-corrected chi connectivity index (χ2v) is 8.43. The van der Waals surface area contributed by atoms with Crippen molar-refractivity contribution in [3.63, 3.8) is 0 Å². The van der Waals surface area contributed by atoms with Gasteiger partial charge in [0.1, 0.15) is 0 Å². The van der Waals surface area contributed by atoms with Gasteiger partial charge >= 0.3 is 0 Å². The molecular weight excluding hydrogens is 525 g/mol. The molecule has 0 saturated carbocycles. The minimum atomic E-state index is -1.64. The van der Waals surface area contributed by atoms with Gasteiger partial charge in [0.2, 0.25) is 0 Å². The first-order valence-corrected chi connectivity index (χ1v) is 9.37. The number of rotatable bonds is 3. The average molecular weight is 533 g/mol. The van der Waals surface area contributed by atoms with Crippen LogP contribution in [0.4, 0.5) is 26.3 Å². The summed E-state index contributed by atoms with van der Waals surface area (Å²) >= 11 is 2.04. The first kappa shape index (κ1) is 21.9. The molecule has 9 heteroatoms. The molecule has 3 rings (SSSR count).